The standard InChI is InChI=1S/C18H23N5OS.C8H6OS/c1-3-23(4-2)11-7-10-19-18-20-17(24)16(21-22-18)14-12-25-15-9-6-5-8-13(14)15;9-7-5-10-8-4-2-1-3-6(7)8/h5-6,8-9,12H,3-4,7,10-11H2,1-2H3,(H2,19,20,22,24);1-4H,5H2. The number of ketones is 1. The number of nitrogens with one attached hydrogen (secondary N) is 2. The number of carbonyl (C=O) groups is 1. The molecule has 2 aromatic heterocycles. The summed E-state index contributed by atoms with van der Waals surface area (Å²) in [5.41, 5.74) is 1.88. The highest BCUT2D eigenvalue weighted by molar-refractivity contribution is 8.00. The number of benzene rings is 2. The molecule has 4 aromatic rings. The number of hydrogen-bond acceptors (Lipinski definition) is 8. The summed E-state index contributed by atoms with van der Waals surface area (Å²) < 4.78 is 1.14. The third-order valence-corrected chi connectivity index (χ3v) is 7.85. The van der Waals surface area contributed by atoms with E-state index in [1.807, 2.05) is 53.9 Å². The zero-order valence-electron chi connectivity index (χ0n) is 19.9. The highest BCUT2D eigenvalue weighted by atomic mass is 32.2. The van der Waals surface area contributed by atoms with Crippen LogP contribution in [0.25, 0.3) is 21.3 Å². The molecule has 3 heterocycles. The Labute approximate surface area is 213 Å². The fourth-order valence-electron chi connectivity index (χ4n) is 3.85. The number of fused-ring (bicyclic) bond motifs is 2. The molecule has 0 saturated carbocycles. The zero-order chi connectivity index (χ0) is 24.6. The Balaban J connectivity index is 0.000000239. The second kappa shape index (κ2) is 12.1. The fourth-order valence-corrected chi connectivity index (χ4v) is 5.75. The molecule has 1 aliphatic heterocycles. The molecule has 1 aliphatic rings. The highest BCUT2D eigenvalue weighted by Crippen LogP contribution is 2.31. The van der Waals surface area contributed by atoms with Gasteiger partial charge in [0.25, 0.3) is 5.56 Å². The summed E-state index contributed by atoms with van der Waals surface area (Å²) in [6.07, 6.45) is 0.988. The van der Waals surface area contributed by atoms with E-state index in [2.05, 4.69) is 39.2 Å². The third-order valence-electron chi connectivity index (χ3n) is 5.82. The largest absolute Gasteiger partial charge is 0.354 e. The maximum Gasteiger partial charge on any atom is 0.279 e. The number of hydrogen-bond donors (Lipinski definition) is 2. The first-order chi connectivity index (χ1) is 17.1. The van der Waals surface area contributed by atoms with Crippen LogP contribution in [0, 0.1) is 0 Å². The first-order valence-electron chi connectivity index (χ1n) is 11.8. The van der Waals surface area contributed by atoms with Crippen molar-refractivity contribution in [1.82, 2.24) is 20.1 Å². The number of thiophene rings is 1. The quantitative estimate of drug-likeness (QED) is 0.318. The zero-order valence-corrected chi connectivity index (χ0v) is 21.5. The molecule has 0 unspecified atom stereocenters. The molecular formula is C26H29N5O2S2. The topological polar surface area (TPSA) is 91.0 Å². The van der Waals surface area contributed by atoms with E-state index in [1.165, 1.54) is 0 Å². The van der Waals surface area contributed by atoms with Crippen LogP contribution in [0.2, 0.25) is 0 Å². The van der Waals surface area contributed by atoms with Crippen molar-refractivity contribution in [3.8, 4) is 11.3 Å². The van der Waals surface area contributed by atoms with Gasteiger partial charge in [0.15, 0.2) is 11.5 Å². The smallest absolute Gasteiger partial charge is 0.279 e. The Bertz CT molecular complexity index is 1350. The normalized spacial score (nSPS) is 12.5. The number of nitrogens with zero attached hydrogens (tertiary/aromatic N) is 3. The number of carbonyl (C=O) groups excluding carboxylic acids is 1. The van der Waals surface area contributed by atoms with Crippen LogP contribution in [0.4, 0.5) is 5.95 Å². The molecule has 182 valence electrons. The Morgan fingerprint density at radius 2 is 1.77 bits per heavy atom. The average Bonchev–Trinajstić information content (AvgIpc) is 3.49. The van der Waals surface area contributed by atoms with Crippen LogP contribution in [0.5, 0.6) is 0 Å². The van der Waals surface area contributed by atoms with Crippen molar-refractivity contribution in [2.45, 2.75) is 25.2 Å². The van der Waals surface area contributed by atoms with Crippen LogP contribution in [0.1, 0.15) is 30.6 Å². The van der Waals surface area contributed by atoms with E-state index in [9.17, 15) is 9.59 Å². The van der Waals surface area contributed by atoms with Gasteiger partial charge in [0.05, 0.1) is 5.75 Å². The lowest BCUT2D eigenvalue weighted by molar-refractivity contribution is 0.102. The summed E-state index contributed by atoms with van der Waals surface area (Å²) in [6, 6.07) is 15.7. The maximum atomic E-state index is 12.4. The summed E-state index contributed by atoms with van der Waals surface area (Å²) in [5.74, 6) is 1.31. The maximum absolute atomic E-state index is 12.4. The molecule has 0 radical (unpaired) electrons. The van der Waals surface area contributed by atoms with Crippen molar-refractivity contribution in [3.63, 3.8) is 0 Å². The van der Waals surface area contributed by atoms with E-state index >= 15 is 0 Å². The Morgan fingerprint density at radius 1 is 1.00 bits per heavy atom. The predicted molar refractivity (Wildman–Crippen MR) is 146 cm³/mol. The van der Waals surface area contributed by atoms with Crippen molar-refractivity contribution < 1.29 is 4.79 Å². The van der Waals surface area contributed by atoms with Gasteiger partial charge < -0.3 is 10.2 Å². The Morgan fingerprint density at radius 3 is 2.54 bits per heavy atom. The molecule has 2 aromatic carbocycles. The minimum Gasteiger partial charge on any atom is -0.354 e. The van der Waals surface area contributed by atoms with Crippen molar-refractivity contribution >= 4 is 44.9 Å². The number of Topliss-reactive ketones (excluding diaryl/α,β-unsaturated/α-hetero) is 1. The minimum atomic E-state index is -0.218. The van der Waals surface area contributed by atoms with Gasteiger partial charge in [-0.05, 0) is 38.2 Å². The number of thioether (sulfide) groups is 1. The molecule has 9 heteroatoms. The number of aromatic amines is 1. The molecule has 35 heavy (non-hydrogen) atoms. The third kappa shape index (κ3) is 6.17. The summed E-state index contributed by atoms with van der Waals surface area (Å²) in [5, 5.41) is 14.4. The molecule has 0 spiro atoms. The molecule has 0 bridgehead atoms. The molecule has 0 atom stereocenters. The molecule has 2 N–H and O–H groups in total. The second-order valence-electron chi connectivity index (χ2n) is 8.01. The molecular weight excluding hydrogens is 478 g/mol. The number of H-pyrrole nitrogens is 1. The Kier molecular flexibility index (Phi) is 8.68. The molecule has 0 fully saturated rings. The van der Waals surface area contributed by atoms with Crippen molar-refractivity contribution in [3.05, 3.63) is 69.8 Å². The summed E-state index contributed by atoms with van der Waals surface area (Å²) in [4.78, 5) is 29.7. The van der Waals surface area contributed by atoms with Gasteiger partial charge in [-0.2, -0.15) is 0 Å². The van der Waals surface area contributed by atoms with E-state index in [4.69, 9.17) is 0 Å². The number of aromatic nitrogens is 3. The molecule has 5 rings (SSSR count). The molecule has 0 aliphatic carbocycles. The SMILES string of the molecule is CCN(CC)CCCNc1nnc(-c2csc3ccccc23)c(=O)[nH]1.O=C1CSc2ccccc21. The van der Waals surface area contributed by atoms with Gasteiger partial charge in [-0.15, -0.1) is 33.3 Å². The van der Waals surface area contributed by atoms with E-state index in [-0.39, 0.29) is 11.3 Å². The number of anilines is 1. The molecule has 0 amide bonds. The van der Waals surface area contributed by atoms with Crippen molar-refractivity contribution in [2.24, 2.45) is 0 Å². The van der Waals surface area contributed by atoms with Crippen molar-refractivity contribution in [1.29, 1.82) is 0 Å². The number of rotatable bonds is 8. The van der Waals surface area contributed by atoms with Gasteiger partial charge in [-0.25, -0.2) is 0 Å². The molecule has 0 saturated heterocycles. The fraction of sp³-hybridized carbons (Fsp3) is 0.308. The van der Waals surface area contributed by atoms with Crippen LogP contribution in [0.15, 0.2) is 63.6 Å². The van der Waals surface area contributed by atoms with Gasteiger partial charge >= 0.3 is 0 Å². The van der Waals surface area contributed by atoms with Crippen LogP contribution >= 0.6 is 23.1 Å². The van der Waals surface area contributed by atoms with E-state index < -0.39 is 0 Å². The van der Waals surface area contributed by atoms with E-state index in [0.29, 0.717) is 17.4 Å². The first-order valence-corrected chi connectivity index (χ1v) is 13.6. The lowest BCUT2D eigenvalue weighted by atomic mass is 10.1. The summed E-state index contributed by atoms with van der Waals surface area (Å²) >= 11 is 3.23. The first kappa shape index (κ1) is 25.1. The van der Waals surface area contributed by atoms with Gasteiger partial charge in [0, 0.05) is 38.0 Å². The summed E-state index contributed by atoms with van der Waals surface area (Å²) in [6.45, 7) is 8.20. The van der Waals surface area contributed by atoms with E-state index in [0.717, 1.165) is 58.7 Å². The Hall–Kier alpha value is -3.01. The monoisotopic (exact) mass is 507 g/mol. The van der Waals surface area contributed by atoms with Crippen LogP contribution in [-0.4, -0.2) is 57.8 Å². The lowest BCUT2D eigenvalue weighted by Gasteiger charge is -2.17. The minimum absolute atomic E-state index is 0.218. The summed E-state index contributed by atoms with van der Waals surface area (Å²) in [7, 11) is 0. The average molecular weight is 508 g/mol. The van der Waals surface area contributed by atoms with Crippen LogP contribution in [0.3, 0.4) is 0 Å². The van der Waals surface area contributed by atoms with Gasteiger partial charge in [0.1, 0.15) is 0 Å². The second-order valence-corrected chi connectivity index (χ2v) is 9.94. The van der Waals surface area contributed by atoms with E-state index in [1.54, 1.807) is 23.1 Å². The lowest BCUT2D eigenvalue weighted by Crippen LogP contribution is -2.26. The van der Waals surface area contributed by atoms with Crippen molar-refractivity contribution in [2.75, 3.05) is 37.2 Å². The predicted octanol–water partition coefficient (Wildman–Crippen LogP) is 5.17. The van der Waals surface area contributed by atoms with Gasteiger partial charge in [-0.3, -0.25) is 14.6 Å². The van der Waals surface area contributed by atoms with Crippen LogP contribution in [-0.2, 0) is 0 Å². The highest BCUT2D eigenvalue weighted by Gasteiger charge is 2.18. The van der Waals surface area contributed by atoms with Gasteiger partial charge in [-0.1, -0.05) is 50.2 Å². The van der Waals surface area contributed by atoms with Gasteiger partial charge in [0.2, 0.25) is 5.95 Å². The van der Waals surface area contributed by atoms with Crippen LogP contribution < -0.4 is 10.9 Å². The molecule has 7 nitrogen and oxygen atoms in total.